The Bertz CT molecular complexity index is 941. The first kappa shape index (κ1) is 18.6. The van der Waals surface area contributed by atoms with Crippen LogP contribution in [0.5, 0.6) is 0 Å². The van der Waals surface area contributed by atoms with Crippen molar-refractivity contribution in [3.8, 4) is 11.1 Å². The van der Waals surface area contributed by atoms with Gasteiger partial charge in [0.05, 0.1) is 6.42 Å². The molecule has 3 rings (SSSR count). The maximum atomic E-state index is 12.2. The minimum Gasteiger partial charge on any atom is -0.457 e. The molecule has 0 atom stereocenters. The molecule has 0 spiro atoms. The third-order valence-electron chi connectivity index (χ3n) is 4.60. The number of esters is 1. The first-order valence-corrected chi connectivity index (χ1v) is 8.93. The minimum atomic E-state index is -0.403. The normalized spacial score (nSPS) is 10.4. The zero-order chi connectivity index (χ0) is 19.2. The van der Waals surface area contributed by atoms with Crippen molar-refractivity contribution in [3.05, 3.63) is 95.1 Å². The van der Waals surface area contributed by atoms with Gasteiger partial charge in [-0.25, -0.2) is 0 Å². The Morgan fingerprint density at radius 2 is 1.44 bits per heavy atom. The monoisotopic (exact) mass is 358 g/mol. The molecule has 3 aromatic rings. The summed E-state index contributed by atoms with van der Waals surface area (Å²) in [5, 5.41) is 0. The molecule has 136 valence electrons. The van der Waals surface area contributed by atoms with Gasteiger partial charge in [-0.1, -0.05) is 66.7 Å². The quantitative estimate of drug-likeness (QED) is 0.463. The summed E-state index contributed by atoms with van der Waals surface area (Å²) >= 11 is 0. The molecule has 3 heteroatoms. The number of Topliss-reactive ketones (excluding diaryl/α,β-unsaturated/α-hetero) is 1. The van der Waals surface area contributed by atoms with Crippen molar-refractivity contribution in [1.29, 1.82) is 0 Å². The zero-order valence-corrected chi connectivity index (χ0v) is 15.6. The first-order valence-electron chi connectivity index (χ1n) is 8.93. The second-order valence-electron chi connectivity index (χ2n) is 6.62. The summed E-state index contributed by atoms with van der Waals surface area (Å²) in [6.07, 6.45) is 0.148. The number of carbonyl (C=O) groups excluding carboxylic acids is 2. The standard InChI is InChI=1S/C24H22O3/c1-17-8-11-22(14-18(17)2)23(25)16-27-24(26)15-19-9-12-21(13-10-19)20-6-4-3-5-7-20/h3-14H,15-16H2,1-2H3. The van der Waals surface area contributed by atoms with Crippen LogP contribution < -0.4 is 0 Å². The van der Waals surface area contributed by atoms with Crippen LogP contribution in [0.2, 0.25) is 0 Å². The van der Waals surface area contributed by atoms with Crippen LogP contribution >= 0.6 is 0 Å². The van der Waals surface area contributed by atoms with Crippen LogP contribution in [-0.2, 0) is 16.0 Å². The minimum absolute atomic E-state index is 0.148. The summed E-state index contributed by atoms with van der Waals surface area (Å²) < 4.78 is 5.16. The fraction of sp³-hybridized carbons (Fsp3) is 0.167. The summed E-state index contributed by atoms with van der Waals surface area (Å²) in [5.74, 6) is -0.592. The van der Waals surface area contributed by atoms with Crippen LogP contribution in [0.1, 0.15) is 27.0 Å². The fourth-order valence-corrected chi connectivity index (χ4v) is 2.81. The number of hydrogen-bond acceptors (Lipinski definition) is 3. The molecule has 0 saturated carbocycles. The van der Waals surface area contributed by atoms with E-state index in [1.165, 1.54) is 0 Å². The molecule has 0 fully saturated rings. The van der Waals surface area contributed by atoms with Gasteiger partial charge in [-0.2, -0.15) is 0 Å². The molecule has 0 unspecified atom stereocenters. The highest BCUT2D eigenvalue weighted by Crippen LogP contribution is 2.19. The van der Waals surface area contributed by atoms with Gasteiger partial charge in [-0.05, 0) is 47.7 Å². The summed E-state index contributed by atoms with van der Waals surface area (Å²) in [6, 6.07) is 23.3. The van der Waals surface area contributed by atoms with Gasteiger partial charge < -0.3 is 4.74 Å². The molecule has 0 aliphatic heterocycles. The van der Waals surface area contributed by atoms with Crippen molar-refractivity contribution in [3.63, 3.8) is 0 Å². The second-order valence-corrected chi connectivity index (χ2v) is 6.62. The summed E-state index contributed by atoms with van der Waals surface area (Å²) in [6.45, 7) is 3.72. The van der Waals surface area contributed by atoms with Gasteiger partial charge in [0, 0.05) is 5.56 Å². The molecule has 0 aromatic heterocycles. The molecule has 3 nitrogen and oxygen atoms in total. The van der Waals surface area contributed by atoms with Gasteiger partial charge in [0.1, 0.15) is 0 Å². The number of ether oxygens (including phenoxy) is 1. The Labute approximate surface area is 159 Å². The summed E-state index contributed by atoms with van der Waals surface area (Å²) in [4.78, 5) is 24.2. The van der Waals surface area contributed by atoms with Gasteiger partial charge in [0.25, 0.3) is 0 Å². The molecule has 0 aliphatic rings. The van der Waals surface area contributed by atoms with E-state index >= 15 is 0 Å². The lowest BCUT2D eigenvalue weighted by Crippen LogP contribution is -2.15. The smallest absolute Gasteiger partial charge is 0.310 e. The number of carbonyl (C=O) groups is 2. The maximum Gasteiger partial charge on any atom is 0.310 e. The van der Waals surface area contributed by atoms with Crippen LogP contribution in [0.4, 0.5) is 0 Å². The Balaban J connectivity index is 1.54. The molecule has 27 heavy (non-hydrogen) atoms. The predicted octanol–water partition coefficient (Wildman–Crippen LogP) is 4.94. The fourth-order valence-electron chi connectivity index (χ4n) is 2.81. The number of hydrogen-bond donors (Lipinski definition) is 0. The number of benzene rings is 3. The van der Waals surface area contributed by atoms with Crippen LogP contribution in [0.3, 0.4) is 0 Å². The van der Waals surface area contributed by atoms with E-state index in [0.29, 0.717) is 5.56 Å². The van der Waals surface area contributed by atoms with Crippen LogP contribution in [0.25, 0.3) is 11.1 Å². The molecule has 0 saturated heterocycles. The molecule has 0 N–H and O–H groups in total. The van der Waals surface area contributed by atoms with Gasteiger partial charge >= 0.3 is 5.97 Å². The third kappa shape index (κ3) is 4.91. The first-order chi connectivity index (χ1) is 13.0. The van der Waals surface area contributed by atoms with E-state index in [9.17, 15) is 9.59 Å². The van der Waals surface area contributed by atoms with Gasteiger partial charge in [0.15, 0.2) is 12.4 Å². The van der Waals surface area contributed by atoms with E-state index in [-0.39, 0.29) is 18.8 Å². The van der Waals surface area contributed by atoms with Crippen LogP contribution in [0, 0.1) is 13.8 Å². The van der Waals surface area contributed by atoms with E-state index < -0.39 is 5.97 Å². The highest BCUT2D eigenvalue weighted by Gasteiger charge is 2.11. The molecule has 3 aromatic carbocycles. The Hall–Kier alpha value is -3.20. The lowest BCUT2D eigenvalue weighted by molar-refractivity contribution is -0.141. The van der Waals surface area contributed by atoms with Crippen molar-refractivity contribution >= 4 is 11.8 Å². The Morgan fingerprint density at radius 1 is 0.778 bits per heavy atom. The van der Waals surface area contributed by atoms with Gasteiger partial charge in [-0.15, -0.1) is 0 Å². The van der Waals surface area contributed by atoms with E-state index in [0.717, 1.165) is 27.8 Å². The van der Waals surface area contributed by atoms with Gasteiger partial charge in [0.2, 0.25) is 0 Å². The SMILES string of the molecule is Cc1ccc(C(=O)COC(=O)Cc2ccc(-c3ccccc3)cc2)cc1C. The van der Waals surface area contributed by atoms with E-state index in [1.807, 2.05) is 80.6 Å². The molecular formula is C24H22O3. The van der Waals surface area contributed by atoms with E-state index in [4.69, 9.17) is 4.74 Å². The highest BCUT2D eigenvalue weighted by molar-refractivity contribution is 5.98. The van der Waals surface area contributed by atoms with E-state index in [2.05, 4.69) is 0 Å². The maximum absolute atomic E-state index is 12.2. The van der Waals surface area contributed by atoms with Crippen molar-refractivity contribution < 1.29 is 14.3 Å². The molecule has 0 aliphatic carbocycles. The summed E-state index contributed by atoms with van der Waals surface area (Å²) in [7, 11) is 0. The van der Waals surface area contributed by atoms with E-state index in [1.54, 1.807) is 6.07 Å². The molecule has 0 radical (unpaired) electrons. The summed E-state index contributed by atoms with van der Waals surface area (Å²) in [5.41, 5.74) is 5.83. The van der Waals surface area contributed by atoms with Crippen LogP contribution in [-0.4, -0.2) is 18.4 Å². The molecule has 0 bridgehead atoms. The number of aryl methyl sites for hydroxylation is 2. The Kier molecular flexibility index (Phi) is 5.82. The predicted molar refractivity (Wildman–Crippen MR) is 107 cm³/mol. The third-order valence-corrected chi connectivity index (χ3v) is 4.60. The second kappa shape index (κ2) is 8.45. The highest BCUT2D eigenvalue weighted by atomic mass is 16.5. The van der Waals surface area contributed by atoms with Crippen molar-refractivity contribution in [2.45, 2.75) is 20.3 Å². The van der Waals surface area contributed by atoms with Gasteiger partial charge in [-0.3, -0.25) is 9.59 Å². The largest absolute Gasteiger partial charge is 0.457 e. The zero-order valence-electron chi connectivity index (χ0n) is 15.6. The van der Waals surface area contributed by atoms with Crippen molar-refractivity contribution in [2.75, 3.05) is 6.61 Å². The van der Waals surface area contributed by atoms with Crippen molar-refractivity contribution in [2.24, 2.45) is 0 Å². The molecule has 0 amide bonds. The average molecular weight is 358 g/mol. The number of rotatable bonds is 6. The topological polar surface area (TPSA) is 43.4 Å². The number of ketones is 1. The molecule has 0 heterocycles. The lowest BCUT2D eigenvalue weighted by Gasteiger charge is -2.07. The lowest BCUT2D eigenvalue weighted by atomic mass is 10.0. The average Bonchev–Trinajstić information content (AvgIpc) is 2.69. The molecular weight excluding hydrogens is 336 g/mol. The van der Waals surface area contributed by atoms with Crippen LogP contribution in [0.15, 0.2) is 72.8 Å². The Morgan fingerprint density at radius 3 is 2.11 bits per heavy atom. The van der Waals surface area contributed by atoms with Crippen molar-refractivity contribution in [1.82, 2.24) is 0 Å².